The number of carbonyl (C=O) groups excluding carboxylic acids is 2. The number of carbonyl (C=O) groups is 2. The van der Waals surface area contributed by atoms with Gasteiger partial charge in [0.2, 0.25) is 0 Å². The van der Waals surface area contributed by atoms with Crippen molar-refractivity contribution in [2.24, 2.45) is 5.92 Å². The molecule has 1 saturated heterocycles. The molecular weight excluding hydrogens is 278 g/mol. The van der Waals surface area contributed by atoms with Crippen molar-refractivity contribution in [3.05, 3.63) is 35.4 Å². The number of rotatable bonds is 4. The second-order valence-corrected chi connectivity index (χ2v) is 5.86. The van der Waals surface area contributed by atoms with Gasteiger partial charge in [0.05, 0.1) is 0 Å². The van der Waals surface area contributed by atoms with Gasteiger partial charge in [-0.25, -0.2) is 8.78 Å². The zero-order chi connectivity index (χ0) is 15.6. The molecule has 21 heavy (non-hydrogen) atoms. The van der Waals surface area contributed by atoms with Crippen LogP contribution in [0, 0.1) is 17.6 Å². The standard InChI is InChI=1S/C16H18F2O3/c1-10(2)16(9-14(19)8-15(20)21-16)4-3-11-5-12(17)7-13(18)6-11/h5-7,10H,3-4,8-9H2,1-2H3. The minimum atomic E-state index is -0.880. The lowest BCUT2D eigenvalue weighted by atomic mass is 9.78. The highest BCUT2D eigenvalue weighted by Gasteiger charge is 2.43. The van der Waals surface area contributed by atoms with Gasteiger partial charge < -0.3 is 4.74 Å². The van der Waals surface area contributed by atoms with Crippen LogP contribution in [-0.4, -0.2) is 17.4 Å². The lowest BCUT2D eigenvalue weighted by Crippen LogP contribution is -2.47. The van der Waals surface area contributed by atoms with Crippen molar-refractivity contribution in [3.8, 4) is 0 Å². The molecular formula is C16H18F2O3. The van der Waals surface area contributed by atoms with Crippen LogP contribution in [0.2, 0.25) is 0 Å². The zero-order valence-corrected chi connectivity index (χ0v) is 12.1. The Morgan fingerprint density at radius 1 is 1.19 bits per heavy atom. The van der Waals surface area contributed by atoms with Crippen molar-refractivity contribution in [1.82, 2.24) is 0 Å². The number of aryl methyl sites for hydroxylation is 1. The van der Waals surface area contributed by atoms with Gasteiger partial charge in [-0.2, -0.15) is 0 Å². The third kappa shape index (κ3) is 3.65. The topological polar surface area (TPSA) is 43.4 Å². The normalized spacial score (nSPS) is 22.5. The maximum absolute atomic E-state index is 13.2. The van der Waals surface area contributed by atoms with E-state index in [0.717, 1.165) is 6.07 Å². The molecule has 1 aliphatic rings. The summed E-state index contributed by atoms with van der Waals surface area (Å²) in [6.45, 7) is 3.75. The number of esters is 1. The molecule has 0 amide bonds. The maximum Gasteiger partial charge on any atom is 0.313 e. The van der Waals surface area contributed by atoms with E-state index >= 15 is 0 Å². The zero-order valence-electron chi connectivity index (χ0n) is 12.1. The van der Waals surface area contributed by atoms with Crippen LogP contribution >= 0.6 is 0 Å². The number of halogens is 2. The predicted octanol–water partition coefficient (Wildman–Crippen LogP) is 3.20. The van der Waals surface area contributed by atoms with E-state index in [0.29, 0.717) is 18.4 Å². The van der Waals surface area contributed by atoms with E-state index in [1.165, 1.54) is 12.1 Å². The van der Waals surface area contributed by atoms with E-state index in [1.54, 1.807) is 0 Å². The fraction of sp³-hybridized carbons (Fsp3) is 0.500. The molecule has 0 radical (unpaired) electrons. The average molecular weight is 296 g/mol. The van der Waals surface area contributed by atoms with Crippen molar-refractivity contribution in [2.75, 3.05) is 0 Å². The smallest absolute Gasteiger partial charge is 0.313 e. The van der Waals surface area contributed by atoms with Crippen molar-refractivity contribution in [2.45, 2.75) is 45.1 Å². The van der Waals surface area contributed by atoms with E-state index in [2.05, 4.69) is 0 Å². The third-order valence-electron chi connectivity index (χ3n) is 3.97. The van der Waals surface area contributed by atoms with Gasteiger partial charge in [0.1, 0.15) is 29.4 Å². The van der Waals surface area contributed by atoms with Gasteiger partial charge in [-0.05, 0) is 36.5 Å². The Morgan fingerprint density at radius 3 is 2.33 bits per heavy atom. The Hall–Kier alpha value is -1.78. The second kappa shape index (κ2) is 5.92. The molecule has 1 unspecified atom stereocenters. The first-order chi connectivity index (χ1) is 9.80. The molecule has 0 saturated carbocycles. The van der Waals surface area contributed by atoms with Crippen LogP contribution in [0.4, 0.5) is 8.78 Å². The molecule has 2 rings (SSSR count). The van der Waals surface area contributed by atoms with Gasteiger partial charge in [0.15, 0.2) is 0 Å². The third-order valence-corrected chi connectivity index (χ3v) is 3.97. The van der Waals surface area contributed by atoms with Crippen LogP contribution in [0.3, 0.4) is 0 Å². The maximum atomic E-state index is 13.2. The van der Waals surface area contributed by atoms with Gasteiger partial charge in [-0.1, -0.05) is 13.8 Å². The summed E-state index contributed by atoms with van der Waals surface area (Å²) in [5.41, 5.74) is -0.392. The van der Waals surface area contributed by atoms with Gasteiger partial charge in [-0.3, -0.25) is 9.59 Å². The van der Waals surface area contributed by atoms with E-state index in [1.807, 2.05) is 13.8 Å². The first-order valence-corrected chi connectivity index (χ1v) is 6.99. The second-order valence-electron chi connectivity index (χ2n) is 5.86. The summed E-state index contributed by atoms with van der Waals surface area (Å²) in [6.07, 6.45) is 0.676. The molecule has 1 atom stereocenters. The minimum Gasteiger partial charge on any atom is -0.458 e. The molecule has 0 bridgehead atoms. The van der Waals surface area contributed by atoms with Crippen molar-refractivity contribution in [3.63, 3.8) is 0 Å². The summed E-state index contributed by atoms with van der Waals surface area (Å²) in [6, 6.07) is 3.32. The van der Waals surface area contributed by atoms with E-state index < -0.39 is 23.2 Å². The number of hydrogen-bond acceptors (Lipinski definition) is 3. The quantitative estimate of drug-likeness (QED) is 0.633. The fourth-order valence-corrected chi connectivity index (χ4v) is 2.72. The molecule has 1 fully saturated rings. The summed E-state index contributed by atoms with van der Waals surface area (Å²) in [4.78, 5) is 23.2. The van der Waals surface area contributed by atoms with Crippen LogP contribution in [0.25, 0.3) is 0 Å². The Labute approximate surface area is 122 Å². The molecule has 114 valence electrons. The first kappa shape index (κ1) is 15.6. The van der Waals surface area contributed by atoms with Gasteiger partial charge in [0, 0.05) is 12.5 Å². The number of cyclic esters (lactones) is 1. The van der Waals surface area contributed by atoms with Crippen LogP contribution in [-0.2, 0) is 20.7 Å². The molecule has 0 N–H and O–H groups in total. The van der Waals surface area contributed by atoms with Gasteiger partial charge >= 0.3 is 5.97 Å². The summed E-state index contributed by atoms with van der Waals surface area (Å²) in [5.74, 6) is -2.00. The number of ketones is 1. The molecule has 5 heteroatoms. The predicted molar refractivity (Wildman–Crippen MR) is 72.6 cm³/mol. The number of ether oxygens (including phenoxy) is 1. The Kier molecular flexibility index (Phi) is 4.40. The molecule has 1 aromatic carbocycles. The van der Waals surface area contributed by atoms with Gasteiger partial charge in [0.25, 0.3) is 0 Å². The summed E-state index contributed by atoms with van der Waals surface area (Å²) < 4.78 is 31.8. The monoisotopic (exact) mass is 296 g/mol. The minimum absolute atomic E-state index is 0.0518. The highest BCUT2D eigenvalue weighted by atomic mass is 19.1. The van der Waals surface area contributed by atoms with E-state index in [4.69, 9.17) is 4.74 Å². The highest BCUT2D eigenvalue weighted by Crippen LogP contribution is 2.35. The number of Topliss-reactive ketones (excluding diaryl/α,β-unsaturated/α-hetero) is 1. The fourth-order valence-electron chi connectivity index (χ4n) is 2.72. The summed E-state index contributed by atoms with van der Waals surface area (Å²) in [5, 5.41) is 0. The number of hydrogen-bond donors (Lipinski definition) is 0. The van der Waals surface area contributed by atoms with Crippen molar-refractivity contribution >= 4 is 11.8 Å². The SMILES string of the molecule is CC(C)C1(CCc2cc(F)cc(F)c2)CC(=O)CC(=O)O1. The van der Waals surface area contributed by atoms with Crippen LogP contribution in [0.5, 0.6) is 0 Å². The first-order valence-electron chi connectivity index (χ1n) is 6.99. The summed E-state index contributed by atoms with van der Waals surface area (Å²) in [7, 11) is 0. The number of benzene rings is 1. The molecule has 1 aliphatic heterocycles. The van der Waals surface area contributed by atoms with Crippen LogP contribution in [0.1, 0.15) is 38.7 Å². The highest BCUT2D eigenvalue weighted by molar-refractivity contribution is 5.98. The van der Waals surface area contributed by atoms with E-state index in [-0.39, 0.29) is 24.5 Å². The Balaban J connectivity index is 2.17. The van der Waals surface area contributed by atoms with Crippen LogP contribution < -0.4 is 0 Å². The lowest BCUT2D eigenvalue weighted by Gasteiger charge is -2.39. The molecule has 3 nitrogen and oxygen atoms in total. The van der Waals surface area contributed by atoms with Gasteiger partial charge in [-0.15, -0.1) is 0 Å². The van der Waals surface area contributed by atoms with E-state index in [9.17, 15) is 18.4 Å². The van der Waals surface area contributed by atoms with Crippen molar-refractivity contribution in [1.29, 1.82) is 0 Å². The Bertz CT molecular complexity index is 530. The van der Waals surface area contributed by atoms with Crippen LogP contribution in [0.15, 0.2) is 18.2 Å². The Morgan fingerprint density at radius 2 is 1.81 bits per heavy atom. The van der Waals surface area contributed by atoms with Crippen molar-refractivity contribution < 1.29 is 23.1 Å². The molecule has 1 heterocycles. The molecule has 0 aromatic heterocycles. The summed E-state index contributed by atoms with van der Waals surface area (Å²) >= 11 is 0. The molecule has 0 aliphatic carbocycles. The average Bonchev–Trinajstić information content (AvgIpc) is 2.34. The molecule has 0 spiro atoms. The lowest BCUT2D eigenvalue weighted by molar-refractivity contribution is -0.177. The largest absolute Gasteiger partial charge is 0.458 e. The molecule has 1 aromatic rings.